The first-order valence-corrected chi connectivity index (χ1v) is 9.20. The smallest absolute Gasteiger partial charge is 0.228 e. The van der Waals surface area contributed by atoms with E-state index >= 15 is 0 Å². The number of aliphatic hydroxyl groups excluding tert-OH is 1. The summed E-state index contributed by atoms with van der Waals surface area (Å²) >= 11 is 4.88. The number of hydrogen-bond donors (Lipinski definition) is 3. The molecule has 25 heavy (non-hydrogen) atoms. The molecule has 0 radical (unpaired) electrons. The molecular weight excluding hydrogens is 404 g/mol. The van der Waals surface area contributed by atoms with E-state index in [2.05, 4.69) is 46.5 Å². The molecule has 3 N–H and O–H groups in total. The average molecular weight is 419 g/mol. The van der Waals surface area contributed by atoms with Gasteiger partial charge in [0, 0.05) is 35.7 Å². The van der Waals surface area contributed by atoms with Crippen LogP contribution in [0.5, 0.6) is 0 Å². The monoisotopic (exact) mass is 418 g/mol. The van der Waals surface area contributed by atoms with Gasteiger partial charge in [-0.3, -0.25) is 0 Å². The van der Waals surface area contributed by atoms with Crippen molar-refractivity contribution in [2.75, 3.05) is 23.0 Å². The lowest BCUT2D eigenvalue weighted by molar-refractivity contribution is 0.322. The number of hydrogen-bond acceptors (Lipinski definition) is 8. The lowest BCUT2D eigenvalue weighted by atomic mass is 10.3. The summed E-state index contributed by atoms with van der Waals surface area (Å²) in [4.78, 5) is 16.9. The van der Waals surface area contributed by atoms with E-state index in [0.29, 0.717) is 17.6 Å². The van der Waals surface area contributed by atoms with Crippen molar-refractivity contribution < 1.29 is 5.11 Å². The van der Waals surface area contributed by atoms with Crippen molar-refractivity contribution in [2.45, 2.75) is 5.03 Å². The largest absolute Gasteiger partial charge is 0.396 e. The molecule has 3 rings (SSSR count). The molecule has 1 aromatic carbocycles. The molecule has 7 nitrogen and oxygen atoms in total. The molecule has 0 unspecified atom stereocenters. The molecule has 2 heterocycles. The van der Waals surface area contributed by atoms with Crippen molar-refractivity contribution in [3.05, 3.63) is 53.4 Å². The standard InChI is InChI=1S/C16H15BrN6OS/c17-13-10-20-16(23-14(13)25-9-8-24)22-12-4-2-11(3-5-12)21-15-18-6-1-7-19-15/h1-7,10,24H,8-9H2,(H,18,19,21)(H,20,22,23). The molecule has 0 amide bonds. The maximum absolute atomic E-state index is 8.94. The van der Waals surface area contributed by atoms with Gasteiger partial charge >= 0.3 is 0 Å². The van der Waals surface area contributed by atoms with Crippen molar-refractivity contribution in [3.63, 3.8) is 0 Å². The van der Waals surface area contributed by atoms with Crippen molar-refractivity contribution >= 4 is 51.0 Å². The fourth-order valence-corrected chi connectivity index (χ4v) is 3.07. The molecule has 0 aliphatic carbocycles. The number of aliphatic hydroxyl groups is 1. The summed E-state index contributed by atoms with van der Waals surface area (Å²) in [5.74, 6) is 1.62. The molecule has 3 aromatic rings. The van der Waals surface area contributed by atoms with Gasteiger partial charge in [0.05, 0.1) is 11.1 Å². The second kappa shape index (κ2) is 8.75. The van der Waals surface area contributed by atoms with E-state index < -0.39 is 0 Å². The van der Waals surface area contributed by atoms with Crippen LogP contribution in [0.15, 0.2) is 58.4 Å². The van der Waals surface area contributed by atoms with Crippen LogP contribution in [0, 0.1) is 0 Å². The number of rotatable bonds is 7. The zero-order valence-corrected chi connectivity index (χ0v) is 15.5. The lowest BCUT2D eigenvalue weighted by Crippen LogP contribution is -2.00. The number of aromatic nitrogens is 4. The first kappa shape index (κ1) is 17.6. The number of halogens is 1. The van der Waals surface area contributed by atoms with E-state index in [0.717, 1.165) is 20.9 Å². The average Bonchev–Trinajstić information content (AvgIpc) is 2.64. The Hall–Kier alpha value is -2.23. The Morgan fingerprint density at radius 3 is 2.24 bits per heavy atom. The second-order valence-corrected chi connectivity index (χ2v) is 6.76. The Kier molecular flexibility index (Phi) is 6.15. The zero-order valence-electron chi connectivity index (χ0n) is 13.1. The molecule has 0 aliphatic heterocycles. The molecule has 2 aromatic heterocycles. The maximum atomic E-state index is 8.94. The second-order valence-electron chi connectivity index (χ2n) is 4.82. The van der Waals surface area contributed by atoms with E-state index in [1.807, 2.05) is 24.3 Å². The van der Waals surface area contributed by atoms with Gasteiger partial charge in [-0.2, -0.15) is 0 Å². The van der Waals surface area contributed by atoms with E-state index in [-0.39, 0.29) is 6.61 Å². The quantitative estimate of drug-likeness (QED) is 0.395. The number of nitrogens with one attached hydrogen (secondary N) is 2. The Balaban J connectivity index is 1.67. The van der Waals surface area contributed by atoms with E-state index in [1.54, 1.807) is 24.7 Å². The minimum absolute atomic E-state index is 0.101. The van der Waals surface area contributed by atoms with Gasteiger partial charge in [0.2, 0.25) is 11.9 Å². The van der Waals surface area contributed by atoms with Gasteiger partial charge in [0.15, 0.2) is 0 Å². The fourth-order valence-electron chi connectivity index (χ4n) is 1.91. The summed E-state index contributed by atoms with van der Waals surface area (Å²) in [5.41, 5.74) is 1.74. The lowest BCUT2D eigenvalue weighted by Gasteiger charge is -2.09. The Morgan fingerprint density at radius 2 is 1.60 bits per heavy atom. The van der Waals surface area contributed by atoms with Gasteiger partial charge in [-0.25, -0.2) is 19.9 Å². The third kappa shape index (κ3) is 5.12. The van der Waals surface area contributed by atoms with Crippen molar-refractivity contribution in [1.82, 2.24) is 19.9 Å². The van der Waals surface area contributed by atoms with Crippen LogP contribution < -0.4 is 10.6 Å². The summed E-state index contributed by atoms with van der Waals surface area (Å²) in [7, 11) is 0. The fraction of sp³-hybridized carbons (Fsp3) is 0.125. The highest BCUT2D eigenvalue weighted by molar-refractivity contribution is 9.10. The van der Waals surface area contributed by atoms with Crippen LogP contribution in [0.25, 0.3) is 0 Å². The summed E-state index contributed by atoms with van der Waals surface area (Å²) < 4.78 is 0.805. The van der Waals surface area contributed by atoms with Gasteiger partial charge in [-0.15, -0.1) is 11.8 Å². The predicted octanol–water partition coefficient (Wildman–Crippen LogP) is 3.60. The zero-order chi connectivity index (χ0) is 17.5. The van der Waals surface area contributed by atoms with Gasteiger partial charge < -0.3 is 15.7 Å². The molecule has 0 saturated carbocycles. The van der Waals surface area contributed by atoms with Gasteiger partial charge in [-0.1, -0.05) is 0 Å². The summed E-state index contributed by atoms with van der Waals surface area (Å²) in [6, 6.07) is 9.43. The molecule has 0 spiro atoms. The topological polar surface area (TPSA) is 95.9 Å². The van der Waals surface area contributed by atoms with Crippen LogP contribution in [0.2, 0.25) is 0 Å². The number of anilines is 4. The highest BCUT2D eigenvalue weighted by Gasteiger charge is 2.06. The molecule has 9 heteroatoms. The van der Waals surface area contributed by atoms with Gasteiger partial charge in [0.25, 0.3) is 0 Å². The number of benzene rings is 1. The Bertz CT molecular complexity index is 819. The minimum atomic E-state index is 0.101. The highest BCUT2D eigenvalue weighted by Crippen LogP contribution is 2.26. The van der Waals surface area contributed by atoms with Crippen LogP contribution in [-0.2, 0) is 0 Å². The van der Waals surface area contributed by atoms with Crippen molar-refractivity contribution in [3.8, 4) is 0 Å². The van der Waals surface area contributed by atoms with Crippen LogP contribution in [0.4, 0.5) is 23.3 Å². The first-order chi connectivity index (χ1) is 12.2. The van der Waals surface area contributed by atoms with Gasteiger partial charge in [-0.05, 0) is 46.3 Å². The first-order valence-electron chi connectivity index (χ1n) is 7.42. The third-order valence-corrected chi connectivity index (χ3v) is 4.82. The molecule has 0 aliphatic rings. The van der Waals surface area contributed by atoms with Crippen LogP contribution in [0.3, 0.4) is 0 Å². The van der Waals surface area contributed by atoms with E-state index in [1.165, 1.54) is 11.8 Å². The minimum Gasteiger partial charge on any atom is -0.396 e. The van der Waals surface area contributed by atoms with Gasteiger partial charge in [0.1, 0.15) is 5.03 Å². The highest BCUT2D eigenvalue weighted by atomic mass is 79.9. The van der Waals surface area contributed by atoms with Crippen molar-refractivity contribution in [1.29, 1.82) is 0 Å². The summed E-state index contributed by atoms with van der Waals surface area (Å²) in [6.45, 7) is 0.101. The van der Waals surface area contributed by atoms with Crippen LogP contribution in [-0.4, -0.2) is 37.4 Å². The van der Waals surface area contributed by atoms with Crippen LogP contribution in [0.1, 0.15) is 0 Å². The molecule has 0 fully saturated rings. The summed E-state index contributed by atoms with van der Waals surface area (Å²) in [5, 5.41) is 16.0. The van der Waals surface area contributed by atoms with E-state index in [4.69, 9.17) is 5.11 Å². The maximum Gasteiger partial charge on any atom is 0.228 e. The molecule has 128 valence electrons. The molecule has 0 bridgehead atoms. The summed E-state index contributed by atoms with van der Waals surface area (Å²) in [6.07, 6.45) is 5.06. The molecular formula is C16H15BrN6OS. The number of nitrogens with zero attached hydrogens (tertiary/aromatic N) is 4. The normalized spacial score (nSPS) is 10.5. The number of thioether (sulfide) groups is 1. The third-order valence-electron chi connectivity index (χ3n) is 3.00. The molecule has 0 atom stereocenters. The SMILES string of the molecule is OCCSc1nc(Nc2ccc(Nc3ncccn3)cc2)ncc1Br. The predicted molar refractivity (Wildman–Crippen MR) is 103 cm³/mol. The Labute approximate surface area is 157 Å². The Morgan fingerprint density at radius 1 is 0.960 bits per heavy atom. The van der Waals surface area contributed by atoms with Crippen LogP contribution >= 0.6 is 27.7 Å². The molecule has 0 saturated heterocycles. The van der Waals surface area contributed by atoms with E-state index in [9.17, 15) is 0 Å². The van der Waals surface area contributed by atoms with Crippen molar-refractivity contribution in [2.24, 2.45) is 0 Å².